The fraction of sp³-hybridized carbons (Fsp3) is 0.867. The van der Waals surface area contributed by atoms with Crippen molar-refractivity contribution >= 4 is 11.6 Å². The summed E-state index contributed by atoms with van der Waals surface area (Å²) in [6, 6.07) is 0. The second-order valence-electron chi connectivity index (χ2n) is 7.97. The van der Waals surface area contributed by atoms with E-state index < -0.39 is 89.1 Å². The quantitative estimate of drug-likeness (QED) is 0.113. The first kappa shape index (κ1) is 46.2. The summed E-state index contributed by atoms with van der Waals surface area (Å²) >= 11 is 0. The van der Waals surface area contributed by atoms with E-state index in [1.807, 2.05) is 0 Å². The van der Waals surface area contributed by atoms with Gasteiger partial charge in [-0.15, -0.1) is 0 Å². The third-order valence-corrected chi connectivity index (χ3v) is 5.04. The van der Waals surface area contributed by atoms with Crippen molar-refractivity contribution in [1.29, 1.82) is 0 Å². The van der Waals surface area contributed by atoms with Crippen LogP contribution in [0.4, 0.5) is 123 Å². The Balaban J connectivity index is 0. The molecule has 0 aliphatic rings. The van der Waals surface area contributed by atoms with Gasteiger partial charge in [-0.2, -0.15) is 123 Å². The first-order chi connectivity index (χ1) is 18.8. The molecule has 0 N–H and O–H groups in total. The summed E-state index contributed by atoms with van der Waals surface area (Å²) in [5.74, 6) is -111. The van der Waals surface area contributed by atoms with Crippen LogP contribution in [0.25, 0.3) is 0 Å². The van der Waals surface area contributed by atoms with Gasteiger partial charge in [-0.1, -0.05) is 0 Å². The van der Waals surface area contributed by atoms with E-state index in [-0.39, 0.29) is 22.4 Å². The fourth-order valence-corrected chi connectivity index (χ4v) is 2.31. The zero-order chi connectivity index (χ0) is 37.7. The molecule has 0 bridgehead atoms. The van der Waals surface area contributed by atoms with Crippen molar-refractivity contribution in [2.45, 2.75) is 77.5 Å². The second kappa shape index (κ2) is 11.3. The van der Waals surface area contributed by atoms with E-state index in [0.717, 1.165) is 0 Å². The molecular formula is C15AgF28O2+. The average Bonchev–Trinajstić information content (AvgIpc) is 2.80. The molecule has 0 spiro atoms. The van der Waals surface area contributed by atoms with E-state index in [4.69, 9.17) is 0 Å². The fourth-order valence-electron chi connectivity index (χ4n) is 2.31. The van der Waals surface area contributed by atoms with Crippen LogP contribution in [0.5, 0.6) is 0 Å². The minimum atomic E-state index is -9.39. The zero-order valence-corrected chi connectivity index (χ0v) is 20.7. The molecule has 0 aliphatic heterocycles. The molecule has 0 radical (unpaired) electrons. The van der Waals surface area contributed by atoms with Crippen LogP contribution >= 0.6 is 0 Å². The van der Waals surface area contributed by atoms with Crippen LogP contribution in [0.1, 0.15) is 0 Å². The summed E-state index contributed by atoms with van der Waals surface area (Å²) in [7, 11) is 0. The minimum absolute atomic E-state index is 0. The Morgan fingerprint density at radius 3 is 0.522 bits per heavy atom. The van der Waals surface area contributed by atoms with Gasteiger partial charge in [0.15, 0.2) is 0 Å². The molecule has 0 aliphatic carbocycles. The number of halogens is 28. The minimum Gasteiger partial charge on any atom is -0.283 e. The summed E-state index contributed by atoms with van der Waals surface area (Å²) in [6.07, 6.45) is -16.3. The SMILES string of the molecule is O=C(C(=O)C(F)(F)C(F)(F)C(F)(F)C(F)(F)C(F)(F)C(F)(F)C(F)(F)F)C(F)(F)C(F)(F)C(F)(F)C(F)(F)C(F)(F)C(F)(F)F.[Ag+]. The predicted octanol–water partition coefficient (Wildman–Crippen LogP) is 8.24. The third-order valence-electron chi connectivity index (χ3n) is 5.04. The van der Waals surface area contributed by atoms with E-state index in [9.17, 15) is 133 Å². The van der Waals surface area contributed by atoms with Gasteiger partial charge in [-0.25, -0.2) is 0 Å². The number of alkyl halides is 28. The first-order valence-corrected chi connectivity index (χ1v) is 9.20. The van der Waals surface area contributed by atoms with Crippen molar-refractivity contribution in [3.05, 3.63) is 0 Å². The predicted molar refractivity (Wildman–Crippen MR) is 76.5 cm³/mol. The number of carbonyl (C=O) groups excluding carboxylic acids is 2. The molecule has 46 heavy (non-hydrogen) atoms. The summed E-state index contributed by atoms with van der Waals surface area (Å²) in [5.41, 5.74) is 0. The molecule has 0 aromatic carbocycles. The van der Waals surface area contributed by atoms with Crippen LogP contribution in [0.2, 0.25) is 0 Å². The third kappa shape index (κ3) is 5.57. The molecule has 0 aromatic heterocycles. The van der Waals surface area contributed by atoms with Crippen molar-refractivity contribution in [3.63, 3.8) is 0 Å². The van der Waals surface area contributed by atoms with Gasteiger partial charge in [-0.3, -0.25) is 9.59 Å². The molecule has 0 rings (SSSR count). The molecular weight excluding hydrogens is 852 g/mol. The molecule has 0 heterocycles. The Labute approximate surface area is 244 Å². The summed E-state index contributed by atoms with van der Waals surface area (Å²) < 4.78 is 363. The molecule has 0 unspecified atom stereocenters. The number of carbonyl (C=O) groups is 2. The van der Waals surface area contributed by atoms with Crippen LogP contribution in [0.3, 0.4) is 0 Å². The Morgan fingerprint density at radius 1 is 0.239 bits per heavy atom. The molecule has 0 saturated carbocycles. The monoisotopic (exact) mass is 851 g/mol. The standard InChI is InChI=1S/C15F28O2.Ag/c16-3(17,5(20,21)7(24,25)9(28,29)11(32,33)13(36,37)15(41,42)43)1(44)2(45)4(18,19)6(22,23)8(26,27)10(30,31)12(34,35)14(38,39)40;/q;+1. The Bertz CT molecular complexity index is 1160. The van der Waals surface area contributed by atoms with Crippen LogP contribution in [-0.2, 0) is 32.0 Å². The van der Waals surface area contributed by atoms with Crippen LogP contribution in [0, 0.1) is 0 Å². The zero-order valence-electron chi connectivity index (χ0n) is 19.2. The molecule has 2 nitrogen and oxygen atoms in total. The number of Topliss-reactive ketones (excluding diaryl/α,β-unsaturated/α-hetero) is 2. The topological polar surface area (TPSA) is 34.1 Å². The number of hydrogen-bond acceptors (Lipinski definition) is 2. The van der Waals surface area contributed by atoms with Gasteiger partial charge in [0.25, 0.3) is 11.6 Å². The average molecular weight is 852 g/mol. The normalized spacial score (nSPS) is 16.3. The molecule has 31 heteroatoms. The van der Waals surface area contributed by atoms with Crippen molar-refractivity contribution in [1.82, 2.24) is 0 Å². The van der Waals surface area contributed by atoms with Crippen molar-refractivity contribution in [2.75, 3.05) is 0 Å². The summed E-state index contributed by atoms with van der Waals surface area (Å²) in [5, 5.41) is 0. The van der Waals surface area contributed by atoms with E-state index >= 15 is 0 Å². The van der Waals surface area contributed by atoms with Gasteiger partial charge >= 0.3 is 99.9 Å². The van der Waals surface area contributed by atoms with E-state index in [2.05, 4.69) is 0 Å². The number of ketones is 2. The van der Waals surface area contributed by atoms with Gasteiger partial charge in [0, 0.05) is 0 Å². The van der Waals surface area contributed by atoms with E-state index in [1.165, 1.54) is 0 Å². The van der Waals surface area contributed by atoms with Gasteiger partial charge in [-0.05, 0) is 0 Å². The maximum Gasteiger partial charge on any atom is 1.00 e. The van der Waals surface area contributed by atoms with Crippen molar-refractivity contribution in [2.24, 2.45) is 0 Å². The van der Waals surface area contributed by atoms with Crippen LogP contribution in [0.15, 0.2) is 0 Å². The summed E-state index contributed by atoms with van der Waals surface area (Å²) in [6.45, 7) is 0. The van der Waals surface area contributed by atoms with E-state index in [0.29, 0.717) is 0 Å². The Morgan fingerprint density at radius 2 is 0.370 bits per heavy atom. The molecule has 0 aromatic rings. The molecule has 0 fully saturated rings. The molecule has 0 atom stereocenters. The maximum atomic E-state index is 13.6. The van der Waals surface area contributed by atoms with Crippen molar-refractivity contribution < 1.29 is 155 Å². The Kier molecular flexibility index (Phi) is 11.4. The Hall–Kier alpha value is -1.88. The maximum absolute atomic E-state index is 13.6. The number of hydrogen-bond donors (Lipinski definition) is 0. The summed E-state index contributed by atoms with van der Waals surface area (Å²) in [4.78, 5) is 21.9. The van der Waals surface area contributed by atoms with E-state index in [1.54, 1.807) is 0 Å². The molecule has 0 saturated heterocycles. The second-order valence-corrected chi connectivity index (χ2v) is 7.97. The van der Waals surface area contributed by atoms with Crippen LogP contribution in [-0.4, -0.2) is 89.1 Å². The van der Waals surface area contributed by atoms with Crippen molar-refractivity contribution in [3.8, 4) is 0 Å². The van der Waals surface area contributed by atoms with Gasteiger partial charge in [0.2, 0.25) is 0 Å². The largest absolute Gasteiger partial charge is 1.00 e. The van der Waals surface area contributed by atoms with Gasteiger partial charge in [0.05, 0.1) is 0 Å². The molecule has 278 valence electrons. The smallest absolute Gasteiger partial charge is 0.283 e. The molecule has 0 amide bonds. The van der Waals surface area contributed by atoms with Gasteiger partial charge in [0.1, 0.15) is 0 Å². The first-order valence-electron chi connectivity index (χ1n) is 9.20. The van der Waals surface area contributed by atoms with Gasteiger partial charge < -0.3 is 0 Å². The number of rotatable bonds is 12. The van der Waals surface area contributed by atoms with Crippen LogP contribution < -0.4 is 0 Å².